The maximum absolute atomic E-state index is 12.6. The molecule has 2 aromatic carbocycles. The number of nitrogens with zero attached hydrogens (tertiary/aromatic N) is 2. The number of pyridine rings is 1. The first-order chi connectivity index (χ1) is 12.6. The fraction of sp³-hybridized carbons (Fsp3) is 0.286. The molecule has 2 heterocycles. The SMILES string of the molecule is COc1ccc2cc(CN3CCN(C)Cc4ccccc43)c(=O)[nH]c2c1. The Labute approximate surface area is 152 Å². The largest absolute Gasteiger partial charge is 0.497 e. The molecule has 0 aliphatic carbocycles. The monoisotopic (exact) mass is 349 g/mol. The topological polar surface area (TPSA) is 48.6 Å². The van der Waals surface area contributed by atoms with E-state index in [0.717, 1.165) is 41.9 Å². The van der Waals surface area contributed by atoms with E-state index in [9.17, 15) is 4.79 Å². The first-order valence-corrected chi connectivity index (χ1v) is 8.85. The van der Waals surface area contributed by atoms with Gasteiger partial charge >= 0.3 is 0 Å². The smallest absolute Gasteiger partial charge is 0.253 e. The summed E-state index contributed by atoms with van der Waals surface area (Å²) in [7, 11) is 3.76. The third kappa shape index (κ3) is 3.18. The molecule has 1 aliphatic rings. The van der Waals surface area contributed by atoms with E-state index in [2.05, 4.69) is 46.1 Å². The number of fused-ring (bicyclic) bond motifs is 2. The number of nitrogens with one attached hydrogen (secondary N) is 1. The van der Waals surface area contributed by atoms with Gasteiger partial charge in [0.05, 0.1) is 12.6 Å². The Balaban J connectivity index is 1.71. The third-order valence-electron chi connectivity index (χ3n) is 5.02. The zero-order chi connectivity index (χ0) is 18.1. The number of benzene rings is 2. The van der Waals surface area contributed by atoms with Crippen LogP contribution < -0.4 is 15.2 Å². The van der Waals surface area contributed by atoms with E-state index in [1.165, 1.54) is 11.3 Å². The zero-order valence-corrected chi connectivity index (χ0v) is 15.2. The molecule has 134 valence electrons. The van der Waals surface area contributed by atoms with Gasteiger partial charge in [0.1, 0.15) is 5.75 Å². The Hall–Kier alpha value is -2.79. The quantitative estimate of drug-likeness (QED) is 0.790. The molecular formula is C21H23N3O2. The lowest BCUT2D eigenvalue weighted by Gasteiger charge is -2.24. The van der Waals surface area contributed by atoms with Gasteiger partial charge in [0.2, 0.25) is 0 Å². The van der Waals surface area contributed by atoms with Crippen molar-refractivity contribution in [3.8, 4) is 5.75 Å². The highest BCUT2D eigenvalue weighted by Gasteiger charge is 2.18. The first kappa shape index (κ1) is 16.7. The second-order valence-corrected chi connectivity index (χ2v) is 6.86. The fourth-order valence-electron chi connectivity index (χ4n) is 3.57. The normalized spacial score (nSPS) is 14.9. The molecule has 0 unspecified atom stereocenters. The number of likely N-dealkylation sites (N-methyl/N-ethyl adjacent to an activating group) is 1. The van der Waals surface area contributed by atoms with Crippen LogP contribution in [0.5, 0.6) is 5.75 Å². The van der Waals surface area contributed by atoms with Gasteiger partial charge in [0, 0.05) is 43.5 Å². The number of hydrogen-bond donors (Lipinski definition) is 1. The number of anilines is 1. The Bertz CT molecular complexity index is 996. The van der Waals surface area contributed by atoms with E-state index in [4.69, 9.17) is 4.74 Å². The number of methoxy groups -OCH3 is 1. The lowest BCUT2D eigenvalue weighted by Crippen LogP contribution is -2.31. The van der Waals surface area contributed by atoms with Crippen LogP contribution >= 0.6 is 0 Å². The summed E-state index contributed by atoms with van der Waals surface area (Å²) in [6.07, 6.45) is 0. The molecule has 0 amide bonds. The fourth-order valence-corrected chi connectivity index (χ4v) is 3.57. The van der Waals surface area contributed by atoms with Crippen LogP contribution in [0.1, 0.15) is 11.1 Å². The molecule has 0 atom stereocenters. The van der Waals surface area contributed by atoms with Gasteiger partial charge in [0.15, 0.2) is 0 Å². The molecule has 0 fully saturated rings. The second kappa shape index (κ2) is 6.84. The van der Waals surface area contributed by atoms with Crippen molar-refractivity contribution in [2.45, 2.75) is 13.1 Å². The van der Waals surface area contributed by atoms with E-state index < -0.39 is 0 Å². The number of hydrogen-bond acceptors (Lipinski definition) is 4. The van der Waals surface area contributed by atoms with Gasteiger partial charge in [-0.25, -0.2) is 0 Å². The minimum absolute atomic E-state index is 0.0409. The van der Waals surface area contributed by atoms with Crippen LogP contribution in [0.15, 0.2) is 53.3 Å². The Morgan fingerprint density at radius 2 is 1.96 bits per heavy atom. The van der Waals surface area contributed by atoms with Gasteiger partial charge in [-0.1, -0.05) is 18.2 Å². The molecule has 0 bridgehead atoms. The Kier molecular flexibility index (Phi) is 4.39. The number of rotatable bonds is 3. The van der Waals surface area contributed by atoms with Crippen LogP contribution in [0.4, 0.5) is 5.69 Å². The molecule has 5 nitrogen and oxygen atoms in total. The van der Waals surface area contributed by atoms with Gasteiger partial charge in [-0.3, -0.25) is 4.79 Å². The summed E-state index contributed by atoms with van der Waals surface area (Å²) in [6, 6.07) is 16.2. The summed E-state index contributed by atoms with van der Waals surface area (Å²) in [5.41, 5.74) is 4.05. The van der Waals surface area contributed by atoms with Gasteiger partial charge in [0.25, 0.3) is 5.56 Å². The lowest BCUT2D eigenvalue weighted by atomic mass is 10.1. The highest BCUT2D eigenvalue weighted by molar-refractivity contribution is 5.80. The number of aromatic nitrogens is 1. The van der Waals surface area contributed by atoms with Gasteiger partial charge in [-0.2, -0.15) is 0 Å². The molecule has 5 heteroatoms. The molecular weight excluding hydrogens is 326 g/mol. The standard InChI is InChI=1S/C21H23N3O2/c1-23-9-10-24(20-6-4-3-5-16(20)13-23)14-17-11-15-7-8-18(26-2)12-19(15)22-21(17)25/h3-8,11-12H,9-10,13-14H2,1-2H3,(H,22,25). The predicted molar refractivity (Wildman–Crippen MR) is 105 cm³/mol. The van der Waals surface area contributed by atoms with Gasteiger partial charge in [-0.05, 0) is 42.3 Å². The van der Waals surface area contributed by atoms with Crippen LogP contribution in [0.3, 0.4) is 0 Å². The average Bonchev–Trinajstić information content (AvgIpc) is 2.80. The van der Waals surface area contributed by atoms with Gasteiger partial charge in [-0.15, -0.1) is 0 Å². The molecule has 0 saturated carbocycles. The van der Waals surface area contributed by atoms with Crippen molar-refractivity contribution in [2.24, 2.45) is 0 Å². The van der Waals surface area contributed by atoms with E-state index in [-0.39, 0.29) is 5.56 Å². The van der Waals surface area contributed by atoms with E-state index in [0.29, 0.717) is 6.54 Å². The van der Waals surface area contributed by atoms with Gasteiger partial charge < -0.3 is 19.5 Å². The predicted octanol–water partition coefficient (Wildman–Crippen LogP) is 2.99. The molecule has 1 aliphatic heterocycles. The highest BCUT2D eigenvalue weighted by atomic mass is 16.5. The average molecular weight is 349 g/mol. The number of para-hydroxylation sites is 1. The minimum Gasteiger partial charge on any atom is -0.497 e. The molecule has 3 aromatic rings. The van der Waals surface area contributed by atoms with Crippen molar-refractivity contribution in [3.63, 3.8) is 0 Å². The van der Waals surface area contributed by atoms with E-state index in [1.807, 2.05) is 24.3 Å². The summed E-state index contributed by atoms with van der Waals surface area (Å²) in [5.74, 6) is 0.741. The summed E-state index contributed by atoms with van der Waals surface area (Å²) in [4.78, 5) is 20.3. The number of H-pyrrole nitrogens is 1. The van der Waals surface area contributed by atoms with Crippen LogP contribution in [0, 0.1) is 0 Å². The highest BCUT2D eigenvalue weighted by Crippen LogP contribution is 2.26. The molecule has 1 aromatic heterocycles. The van der Waals surface area contributed by atoms with Crippen LogP contribution in [-0.4, -0.2) is 37.1 Å². The van der Waals surface area contributed by atoms with Crippen LogP contribution in [-0.2, 0) is 13.1 Å². The van der Waals surface area contributed by atoms with Crippen molar-refractivity contribution < 1.29 is 4.74 Å². The molecule has 26 heavy (non-hydrogen) atoms. The van der Waals surface area contributed by atoms with Crippen molar-refractivity contribution in [2.75, 3.05) is 32.1 Å². The molecule has 0 saturated heterocycles. The zero-order valence-electron chi connectivity index (χ0n) is 15.2. The van der Waals surface area contributed by atoms with E-state index >= 15 is 0 Å². The second-order valence-electron chi connectivity index (χ2n) is 6.86. The van der Waals surface area contributed by atoms with E-state index in [1.54, 1.807) is 7.11 Å². The van der Waals surface area contributed by atoms with Crippen LogP contribution in [0.2, 0.25) is 0 Å². The summed E-state index contributed by atoms with van der Waals surface area (Å²) in [6.45, 7) is 3.40. The Morgan fingerprint density at radius 1 is 1.12 bits per heavy atom. The minimum atomic E-state index is -0.0409. The summed E-state index contributed by atoms with van der Waals surface area (Å²) in [5, 5.41) is 1.01. The number of ether oxygens (including phenoxy) is 1. The van der Waals surface area contributed by atoms with Crippen molar-refractivity contribution in [1.29, 1.82) is 0 Å². The van der Waals surface area contributed by atoms with Crippen molar-refractivity contribution >= 4 is 16.6 Å². The molecule has 0 spiro atoms. The molecule has 0 radical (unpaired) electrons. The third-order valence-corrected chi connectivity index (χ3v) is 5.02. The number of aromatic amines is 1. The molecule has 1 N–H and O–H groups in total. The van der Waals surface area contributed by atoms with Crippen molar-refractivity contribution in [3.05, 3.63) is 70.0 Å². The lowest BCUT2D eigenvalue weighted by molar-refractivity contribution is 0.341. The maximum Gasteiger partial charge on any atom is 0.253 e. The van der Waals surface area contributed by atoms with Crippen molar-refractivity contribution in [1.82, 2.24) is 9.88 Å². The summed E-state index contributed by atoms with van der Waals surface area (Å²) < 4.78 is 5.24. The first-order valence-electron chi connectivity index (χ1n) is 8.85. The Morgan fingerprint density at radius 3 is 2.81 bits per heavy atom. The maximum atomic E-state index is 12.6. The molecule has 4 rings (SSSR count). The van der Waals surface area contributed by atoms with Crippen LogP contribution in [0.25, 0.3) is 10.9 Å². The summed E-state index contributed by atoms with van der Waals surface area (Å²) >= 11 is 0.